The average molecular weight is 754 g/mol. The predicted molar refractivity (Wildman–Crippen MR) is 200 cm³/mol. The number of nitrogens with two attached hydrogens (primary N) is 2. The van der Waals surface area contributed by atoms with Crippen molar-refractivity contribution in [2.45, 2.75) is 75.8 Å². The van der Waals surface area contributed by atoms with Gasteiger partial charge in [-0.15, -0.1) is 0 Å². The fourth-order valence-corrected chi connectivity index (χ4v) is 5.98. The van der Waals surface area contributed by atoms with Crippen molar-refractivity contribution < 1.29 is 32.7 Å². The first kappa shape index (κ1) is 40.5. The van der Waals surface area contributed by atoms with E-state index in [0.29, 0.717) is 29.6 Å². The van der Waals surface area contributed by atoms with Gasteiger partial charge in [-0.25, -0.2) is 19.4 Å². The fourth-order valence-electron chi connectivity index (χ4n) is 5.93. The number of amides is 4. The zero-order valence-electron chi connectivity index (χ0n) is 29.9. The van der Waals surface area contributed by atoms with Crippen LogP contribution in [0.1, 0.15) is 60.8 Å². The van der Waals surface area contributed by atoms with Crippen molar-refractivity contribution in [3.8, 4) is 11.1 Å². The Labute approximate surface area is 311 Å². The lowest BCUT2D eigenvalue weighted by atomic mass is 9.98. The Kier molecular flexibility index (Phi) is 13.4. The highest BCUT2D eigenvalue weighted by Crippen LogP contribution is 2.30. The van der Waals surface area contributed by atoms with Crippen molar-refractivity contribution >= 4 is 48.5 Å². The van der Waals surface area contributed by atoms with Crippen molar-refractivity contribution in [3.63, 3.8) is 0 Å². The second-order valence-corrected chi connectivity index (χ2v) is 13.9. The number of piperidine rings is 1. The van der Waals surface area contributed by atoms with E-state index < -0.39 is 54.5 Å². The van der Waals surface area contributed by atoms with E-state index in [9.17, 15) is 28.0 Å². The molecular weight excluding hydrogens is 709 g/mol. The fraction of sp³-hybridized carbons (Fsp3) is 0.389. The minimum Gasteiger partial charge on any atom is -0.442 e. The SMILES string of the molecule is CCC(S)C(C)(C)OC(=O)N1CC(NC(=O)c2cc(C)c(-c3ccc(C[C@H](NC=O)C(=O)Nc4ccc(/C(=N/N)NN)cc4)cc3)cn2)CC(F)(F)C1. The number of nitrogens with one attached hydrogen (secondary N) is 4. The number of ether oxygens (including phenoxy) is 1. The summed E-state index contributed by atoms with van der Waals surface area (Å²) < 4.78 is 35.0. The minimum absolute atomic E-state index is 0.0281. The molecule has 0 saturated carbocycles. The van der Waals surface area contributed by atoms with Gasteiger partial charge in [-0.05, 0) is 74.2 Å². The molecule has 0 spiro atoms. The number of amidine groups is 1. The molecule has 4 amide bonds. The number of hydrogen-bond donors (Lipinski definition) is 7. The van der Waals surface area contributed by atoms with Crippen molar-refractivity contribution in [1.29, 1.82) is 0 Å². The first-order chi connectivity index (χ1) is 25.1. The van der Waals surface area contributed by atoms with Crippen LogP contribution in [0.3, 0.4) is 0 Å². The van der Waals surface area contributed by atoms with Gasteiger partial charge in [0.1, 0.15) is 17.3 Å². The second kappa shape index (κ2) is 17.5. The van der Waals surface area contributed by atoms with Crippen LogP contribution in [-0.4, -0.2) is 82.0 Å². The van der Waals surface area contributed by atoms with E-state index in [0.717, 1.165) is 21.6 Å². The second-order valence-electron chi connectivity index (χ2n) is 13.3. The molecule has 1 fully saturated rings. The lowest BCUT2D eigenvalue weighted by Crippen LogP contribution is -2.58. The third-order valence-electron chi connectivity index (χ3n) is 8.87. The monoisotopic (exact) mass is 753 g/mol. The number of anilines is 1. The minimum atomic E-state index is -3.24. The molecule has 4 rings (SSSR count). The van der Waals surface area contributed by atoms with Crippen LogP contribution >= 0.6 is 12.6 Å². The van der Waals surface area contributed by atoms with Gasteiger partial charge >= 0.3 is 6.09 Å². The van der Waals surface area contributed by atoms with E-state index >= 15 is 0 Å². The van der Waals surface area contributed by atoms with Crippen LogP contribution in [0.4, 0.5) is 19.3 Å². The molecule has 1 aliphatic heterocycles. The van der Waals surface area contributed by atoms with Gasteiger partial charge in [0.2, 0.25) is 12.3 Å². The van der Waals surface area contributed by atoms with Gasteiger partial charge < -0.3 is 36.9 Å². The summed E-state index contributed by atoms with van der Waals surface area (Å²) in [5.41, 5.74) is 5.48. The molecule has 1 aliphatic rings. The Bertz CT molecular complexity index is 1810. The van der Waals surface area contributed by atoms with Gasteiger partial charge in [0.25, 0.3) is 11.8 Å². The number of aryl methyl sites for hydroxylation is 1. The maximum absolute atomic E-state index is 14.7. The van der Waals surface area contributed by atoms with E-state index in [2.05, 4.69) is 44.1 Å². The molecule has 1 aromatic heterocycles. The number of carbonyl (C=O) groups excluding carboxylic acids is 4. The topological polar surface area (TPSA) is 206 Å². The molecule has 8 N–H and O–H groups in total. The number of hydrazone groups is 1. The zero-order chi connectivity index (χ0) is 38.9. The molecule has 3 atom stereocenters. The number of hydrazine groups is 1. The molecule has 2 unspecified atom stereocenters. The smallest absolute Gasteiger partial charge is 0.410 e. The van der Waals surface area contributed by atoms with Crippen LogP contribution < -0.4 is 33.1 Å². The molecule has 17 heteroatoms. The molecule has 0 bridgehead atoms. The molecule has 1 saturated heterocycles. The number of likely N-dealkylation sites (tertiary alicyclic amines) is 1. The molecular formula is C36H45F2N9O5S. The highest BCUT2D eigenvalue weighted by Gasteiger charge is 2.44. The number of benzene rings is 2. The van der Waals surface area contributed by atoms with Crippen molar-refractivity contribution in [1.82, 2.24) is 25.9 Å². The van der Waals surface area contributed by atoms with Crippen LogP contribution in [0.5, 0.6) is 0 Å². The summed E-state index contributed by atoms with van der Waals surface area (Å²) in [6.07, 6.45) is 1.24. The molecule has 0 radical (unpaired) electrons. The van der Waals surface area contributed by atoms with Crippen molar-refractivity contribution in [3.05, 3.63) is 83.2 Å². The number of hydrogen-bond acceptors (Lipinski definition) is 10. The molecule has 0 aliphatic carbocycles. The number of thiol groups is 1. The number of rotatable bonds is 13. The van der Waals surface area contributed by atoms with E-state index in [4.69, 9.17) is 16.4 Å². The lowest BCUT2D eigenvalue weighted by Gasteiger charge is -2.39. The van der Waals surface area contributed by atoms with Crippen LogP contribution in [-0.2, 0) is 20.7 Å². The van der Waals surface area contributed by atoms with E-state index in [1.807, 2.05) is 31.2 Å². The molecule has 2 heterocycles. The Balaban J connectivity index is 1.39. The van der Waals surface area contributed by atoms with Gasteiger partial charge in [0, 0.05) is 47.6 Å². The predicted octanol–water partition coefficient (Wildman–Crippen LogP) is 3.50. The van der Waals surface area contributed by atoms with Gasteiger partial charge in [-0.3, -0.25) is 19.4 Å². The van der Waals surface area contributed by atoms with Crippen LogP contribution in [0.2, 0.25) is 0 Å². The number of halogens is 2. The Morgan fingerprint density at radius 2 is 1.85 bits per heavy atom. The molecule has 284 valence electrons. The quantitative estimate of drug-likeness (QED) is 0.0340. The summed E-state index contributed by atoms with van der Waals surface area (Å²) in [5, 5.41) is 11.2. The summed E-state index contributed by atoms with van der Waals surface area (Å²) in [6.45, 7) is 6.04. The maximum Gasteiger partial charge on any atom is 0.410 e. The largest absolute Gasteiger partial charge is 0.442 e. The molecule has 3 aromatic rings. The molecule has 53 heavy (non-hydrogen) atoms. The standard InChI is InChI=1S/C36H45F2N9O5S/c1-5-30(53)35(3,4)52-34(51)47-18-26(16-36(37,38)19-47)44-32(49)28-14-21(2)27(17-41-28)23-8-6-22(7-9-23)15-29(42-20-48)33(50)43-25-12-10-24(11-13-25)31(45-39)46-40/h6-14,17,20,26,29-30,53H,5,15-16,18-19,39-40H2,1-4H3,(H,42,48)(H,43,50)(H,44,49)(H,45,46)/t26?,29-,30?/m0/s1. The molecule has 2 aromatic carbocycles. The Morgan fingerprint density at radius 1 is 1.17 bits per heavy atom. The normalized spacial score (nSPS) is 16.9. The first-order valence-electron chi connectivity index (χ1n) is 16.9. The maximum atomic E-state index is 14.7. The summed E-state index contributed by atoms with van der Waals surface area (Å²) >= 11 is 4.44. The van der Waals surface area contributed by atoms with E-state index in [1.165, 1.54) is 6.20 Å². The first-order valence-corrected chi connectivity index (χ1v) is 17.4. The number of carbonyl (C=O) groups is 4. The summed E-state index contributed by atoms with van der Waals surface area (Å²) in [6, 6.07) is 13.5. The van der Waals surface area contributed by atoms with Gasteiger partial charge in [0.15, 0.2) is 5.84 Å². The highest BCUT2D eigenvalue weighted by molar-refractivity contribution is 7.81. The van der Waals surface area contributed by atoms with Crippen LogP contribution in [0, 0.1) is 6.92 Å². The number of pyridine rings is 1. The lowest BCUT2D eigenvalue weighted by molar-refractivity contribution is -0.121. The Morgan fingerprint density at radius 3 is 2.43 bits per heavy atom. The summed E-state index contributed by atoms with van der Waals surface area (Å²) in [5.74, 6) is 6.63. The third kappa shape index (κ3) is 10.6. The highest BCUT2D eigenvalue weighted by atomic mass is 32.1. The zero-order valence-corrected chi connectivity index (χ0v) is 30.8. The van der Waals surface area contributed by atoms with Gasteiger partial charge in [-0.1, -0.05) is 31.2 Å². The number of alkyl halides is 2. The van der Waals surface area contributed by atoms with Crippen molar-refractivity contribution in [2.75, 3.05) is 18.4 Å². The number of nitrogens with zero attached hydrogens (tertiary/aromatic N) is 3. The molecule has 14 nitrogen and oxygen atoms in total. The van der Waals surface area contributed by atoms with E-state index in [1.54, 1.807) is 51.1 Å². The van der Waals surface area contributed by atoms with Crippen molar-refractivity contribution in [2.24, 2.45) is 16.8 Å². The summed E-state index contributed by atoms with van der Waals surface area (Å²) in [4.78, 5) is 55.6. The summed E-state index contributed by atoms with van der Waals surface area (Å²) in [7, 11) is 0. The van der Waals surface area contributed by atoms with Gasteiger partial charge in [-0.2, -0.15) is 17.7 Å². The van der Waals surface area contributed by atoms with E-state index in [-0.39, 0.29) is 29.7 Å². The van der Waals surface area contributed by atoms with Gasteiger partial charge in [0.05, 0.1) is 12.6 Å². The average Bonchev–Trinajstić information content (AvgIpc) is 3.11. The number of aromatic nitrogens is 1. The van der Waals surface area contributed by atoms with Crippen LogP contribution in [0.25, 0.3) is 11.1 Å². The van der Waals surface area contributed by atoms with Crippen LogP contribution in [0.15, 0.2) is 65.9 Å². The Hall–Kier alpha value is -5.29. The third-order valence-corrected chi connectivity index (χ3v) is 9.85.